The van der Waals surface area contributed by atoms with E-state index in [-0.39, 0.29) is 9.86 Å². The molecule has 0 aromatic carbocycles. The van der Waals surface area contributed by atoms with Crippen molar-refractivity contribution in [1.29, 1.82) is 0 Å². The van der Waals surface area contributed by atoms with Crippen LogP contribution >= 0.6 is 11.8 Å². The van der Waals surface area contributed by atoms with E-state index in [4.69, 9.17) is 6.57 Å². The molecule has 0 aromatic heterocycles. The van der Waals surface area contributed by atoms with Crippen molar-refractivity contribution in [3.05, 3.63) is 23.7 Å². The summed E-state index contributed by atoms with van der Waals surface area (Å²) in [5.74, 6) is 0. The lowest BCUT2D eigenvalue weighted by atomic mass is 10.2. The summed E-state index contributed by atoms with van der Waals surface area (Å²) in [6.07, 6.45) is 5.51. The number of allylic oxidation sites excluding steroid dienone is 1. The lowest BCUT2D eigenvalue weighted by Gasteiger charge is -2.15. The summed E-state index contributed by atoms with van der Waals surface area (Å²) < 4.78 is 0.0173. The molecule has 0 bridgehead atoms. The van der Waals surface area contributed by atoms with Gasteiger partial charge in [-0.05, 0) is 12.8 Å². The van der Waals surface area contributed by atoms with Gasteiger partial charge in [0.15, 0.2) is 5.12 Å². The van der Waals surface area contributed by atoms with E-state index in [0.717, 1.165) is 12.8 Å². The van der Waals surface area contributed by atoms with Crippen molar-refractivity contribution < 1.29 is 4.79 Å². The Morgan fingerprint density at radius 1 is 1.50 bits per heavy atom. The van der Waals surface area contributed by atoms with Gasteiger partial charge in [-0.1, -0.05) is 38.6 Å². The van der Waals surface area contributed by atoms with Crippen molar-refractivity contribution in [3.63, 3.8) is 0 Å². The second kappa shape index (κ2) is 6.67. The van der Waals surface area contributed by atoms with E-state index in [1.807, 2.05) is 26.8 Å². The average molecular weight is 211 g/mol. The van der Waals surface area contributed by atoms with Crippen LogP contribution < -0.4 is 0 Å². The predicted octanol–water partition coefficient (Wildman–Crippen LogP) is 3.65. The first-order chi connectivity index (χ1) is 6.45. The van der Waals surface area contributed by atoms with Crippen LogP contribution in [0.4, 0.5) is 0 Å². The Balaban J connectivity index is 3.56. The van der Waals surface area contributed by atoms with E-state index >= 15 is 0 Å². The zero-order valence-corrected chi connectivity index (χ0v) is 9.86. The van der Waals surface area contributed by atoms with E-state index in [1.54, 1.807) is 0 Å². The standard InChI is InChI=1S/C11H17NOS/c1-11(2,3)14-10(13)8-6-5-7-9-12-4/h7,9H,5-6,8H2,1-3H3/b9-7+. The van der Waals surface area contributed by atoms with Gasteiger partial charge in [0.25, 0.3) is 0 Å². The molecular weight excluding hydrogens is 194 g/mol. The molecule has 0 heterocycles. The topological polar surface area (TPSA) is 21.4 Å². The lowest BCUT2D eigenvalue weighted by molar-refractivity contribution is -0.111. The molecule has 0 fully saturated rings. The SMILES string of the molecule is [C-]#[N+]/C=C/CCCC(=O)SC(C)(C)C. The number of nitrogens with zero attached hydrogens (tertiary/aromatic N) is 1. The average Bonchev–Trinajstić information content (AvgIpc) is 2.00. The maximum absolute atomic E-state index is 11.4. The van der Waals surface area contributed by atoms with Crippen LogP contribution in [0.25, 0.3) is 4.85 Å². The number of carbonyl (C=O) groups excluding carboxylic acids is 1. The van der Waals surface area contributed by atoms with Crippen LogP contribution in [0.15, 0.2) is 12.3 Å². The molecule has 14 heavy (non-hydrogen) atoms. The molecule has 0 aliphatic heterocycles. The molecule has 0 aromatic rings. The fraction of sp³-hybridized carbons (Fsp3) is 0.636. The smallest absolute Gasteiger partial charge is 0.189 e. The number of thioether (sulfide) groups is 1. The van der Waals surface area contributed by atoms with Crippen LogP contribution in [-0.4, -0.2) is 9.86 Å². The molecule has 0 aliphatic carbocycles. The first-order valence-corrected chi connectivity index (χ1v) is 5.51. The Bertz CT molecular complexity index is 245. The Kier molecular flexibility index (Phi) is 6.31. The van der Waals surface area contributed by atoms with Crippen LogP contribution in [-0.2, 0) is 4.79 Å². The molecule has 0 rings (SSSR count). The minimum absolute atomic E-state index is 0.0173. The van der Waals surface area contributed by atoms with Gasteiger partial charge in [0.1, 0.15) is 6.20 Å². The zero-order valence-electron chi connectivity index (χ0n) is 9.04. The normalized spacial score (nSPS) is 11.6. The number of hydrogen-bond donors (Lipinski definition) is 0. The highest BCUT2D eigenvalue weighted by atomic mass is 32.2. The van der Waals surface area contributed by atoms with Gasteiger partial charge >= 0.3 is 0 Å². The van der Waals surface area contributed by atoms with Crippen LogP contribution in [0.2, 0.25) is 0 Å². The highest BCUT2D eigenvalue weighted by Crippen LogP contribution is 2.25. The van der Waals surface area contributed by atoms with Gasteiger partial charge in [0.2, 0.25) is 0 Å². The van der Waals surface area contributed by atoms with Gasteiger partial charge in [0.05, 0.1) is 6.57 Å². The summed E-state index contributed by atoms with van der Waals surface area (Å²) in [6.45, 7) is 12.6. The van der Waals surface area contributed by atoms with Crippen molar-refractivity contribution in [1.82, 2.24) is 0 Å². The van der Waals surface area contributed by atoms with E-state index in [2.05, 4.69) is 4.85 Å². The molecule has 3 heteroatoms. The minimum Gasteiger partial charge on any atom is -0.287 e. The highest BCUT2D eigenvalue weighted by Gasteiger charge is 2.15. The number of rotatable bonds is 4. The maximum atomic E-state index is 11.4. The van der Waals surface area contributed by atoms with Gasteiger partial charge < -0.3 is 0 Å². The third-order valence-electron chi connectivity index (χ3n) is 1.35. The lowest BCUT2D eigenvalue weighted by Crippen LogP contribution is -2.11. The Morgan fingerprint density at radius 2 is 2.14 bits per heavy atom. The monoisotopic (exact) mass is 211 g/mol. The zero-order chi connectivity index (χ0) is 11.0. The molecule has 0 saturated carbocycles. The molecule has 78 valence electrons. The molecular formula is C11H17NOS. The highest BCUT2D eigenvalue weighted by molar-refractivity contribution is 8.14. The van der Waals surface area contributed by atoms with Crippen molar-refractivity contribution in [3.8, 4) is 0 Å². The summed E-state index contributed by atoms with van der Waals surface area (Å²) in [5, 5.41) is 0.244. The predicted molar refractivity (Wildman–Crippen MR) is 61.9 cm³/mol. The maximum Gasteiger partial charge on any atom is 0.189 e. The third kappa shape index (κ3) is 9.34. The minimum atomic E-state index is 0.0173. The first-order valence-electron chi connectivity index (χ1n) is 4.69. The summed E-state index contributed by atoms with van der Waals surface area (Å²) in [7, 11) is 0. The van der Waals surface area contributed by atoms with Crippen LogP contribution in [0.5, 0.6) is 0 Å². The first kappa shape index (κ1) is 13.2. The second-order valence-electron chi connectivity index (χ2n) is 3.99. The quantitative estimate of drug-likeness (QED) is 0.523. The van der Waals surface area contributed by atoms with Gasteiger partial charge in [-0.2, -0.15) is 0 Å². The molecule has 2 nitrogen and oxygen atoms in total. The molecule has 0 unspecified atom stereocenters. The number of carbonyl (C=O) groups is 1. The van der Waals surface area contributed by atoms with Crippen molar-refractivity contribution in [2.24, 2.45) is 0 Å². The van der Waals surface area contributed by atoms with E-state index in [9.17, 15) is 4.79 Å². The molecule has 0 aliphatic rings. The van der Waals surface area contributed by atoms with Gasteiger partial charge in [-0.25, -0.2) is 4.85 Å². The fourth-order valence-electron chi connectivity index (χ4n) is 0.884. The molecule has 0 amide bonds. The molecule has 0 N–H and O–H groups in total. The van der Waals surface area contributed by atoms with E-state index in [1.165, 1.54) is 18.0 Å². The Hall–Kier alpha value is -0.750. The van der Waals surface area contributed by atoms with E-state index < -0.39 is 0 Å². The molecule has 0 spiro atoms. The van der Waals surface area contributed by atoms with Gasteiger partial charge in [0, 0.05) is 11.2 Å². The summed E-state index contributed by atoms with van der Waals surface area (Å²) >= 11 is 1.40. The summed E-state index contributed by atoms with van der Waals surface area (Å²) in [4.78, 5) is 14.5. The van der Waals surface area contributed by atoms with Gasteiger partial charge in [-0.15, -0.1) is 0 Å². The van der Waals surface area contributed by atoms with Crippen molar-refractivity contribution >= 4 is 16.9 Å². The fourth-order valence-corrected chi connectivity index (χ4v) is 1.81. The van der Waals surface area contributed by atoms with Crippen molar-refractivity contribution in [2.75, 3.05) is 0 Å². The summed E-state index contributed by atoms with van der Waals surface area (Å²) in [6, 6.07) is 0. The van der Waals surface area contributed by atoms with Crippen molar-refractivity contribution in [2.45, 2.75) is 44.8 Å². The molecule has 0 atom stereocenters. The number of hydrogen-bond acceptors (Lipinski definition) is 2. The third-order valence-corrected chi connectivity index (χ3v) is 2.40. The van der Waals surface area contributed by atoms with Gasteiger partial charge in [-0.3, -0.25) is 4.79 Å². The Morgan fingerprint density at radius 3 is 2.64 bits per heavy atom. The number of unbranched alkanes of at least 4 members (excludes halogenated alkanes) is 1. The summed E-state index contributed by atoms with van der Waals surface area (Å²) in [5.41, 5.74) is 0. The van der Waals surface area contributed by atoms with Crippen LogP contribution in [0.3, 0.4) is 0 Å². The largest absolute Gasteiger partial charge is 0.287 e. The van der Waals surface area contributed by atoms with Crippen LogP contribution in [0.1, 0.15) is 40.0 Å². The van der Waals surface area contributed by atoms with E-state index in [0.29, 0.717) is 6.42 Å². The van der Waals surface area contributed by atoms with Crippen LogP contribution in [0, 0.1) is 6.57 Å². The Labute approximate surface area is 90.6 Å². The molecule has 0 saturated heterocycles. The molecule has 0 radical (unpaired) electrons. The second-order valence-corrected chi connectivity index (χ2v) is 5.88.